The summed E-state index contributed by atoms with van der Waals surface area (Å²) < 4.78 is 17.1. The molecule has 0 aromatic heterocycles. The van der Waals surface area contributed by atoms with Crippen LogP contribution in [0.1, 0.15) is 25.8 Å². The molecule has 1 heterocycles. The van der Waals surface area contributed by atoms with E-state index in [0.29, 0.717) is 24.8 Å². The summed E-state index contributed by atoms with van der Waals surface area (Å²) in [6.45, 7) is 5.79. The molecular weight excluding hydrogens is 240 g/mol. The predicted octanol–water partition coefficient (Wildman–Crippen LogP) is 3.35. The molecule has 94 valence electrons. The maximum absolute atomic E-state index is 6.05. The van der Waals surface area contributed by atoms with Crippen LogP contribution in [0.5, 0.6) is 5.75 Å². The summed E-state index contributed by atoms with van der Waals surface area (Å²) in [5.74, 6) is 0.0794. The first-order valence-electron chi connectivity index (χ1n) is 5.92. The van der Waals surface area contributed by atoms with Crippen molar-refractivity contribution in [1.29, 1.82) is 0 Å². The van der Waals surface area contributed by atoms with Crippen LogP contribution in [0.15, 0.2) is 18.2 Å². The van der Waals surface area contributed by atoms with Crippen molar-refractivity contribution in [3.63, 3.8) is 0 Å². The molecule has 0 atom stereocenters. The molecule has 1 aliphatic heterocycles. The minimum absolute atomic E-state index is 0.603. The Morgan fingerprint density at radius 2 is 2.00 bits per heavy atom. The van der Waals surface area contributed by atoms with Gasteiger partial charge in [0.05, 0.1) is 25.4 Å². The molecule has 0 N–H and O–H groups in total. The van der Waals surface area contributed by atoms with Crippen LogP contribution in [0.25, 0.3) is 0 Å². The molecule has 0 saturated carbocycles. The van der Waals surface area contributed by atoms with E-state index >= 15 is 0 Å². The fraction of sp³-hybridized carbons (Fsp3) is 0.538. The summed E-state index contributed by atoms with van der Waals surface area (Å²) in [7, 11) is 0. The molecular formula is C13H17ClO3. The lowest BCUT2D eigenvalue weighted by Gasteiger charge is -2.28. The Kier molecular flexibility index (Phi) is 3.92. The minimum Gasteiger partial charge on any atom is -0.493 e. The molecule has 1 aliphatic rings. The molecule has 0 spiro atoms. The summed E-state index contributed by atoms with van der Waals surface area (Å²) in [4.78, 5) is 0. The van der Waals surface area contributed by atoms with E-state index in [2.05, 4.69) is 0 Å². The van der Waals surface area contributed by atoms with Gasteiger partial charge in [-0.3, -0.25) is 0 Å². The maximum atomic E-state index is 6.05. The second kappa shape index (κ2) is 5.25. The molecule has 0 bridgehead atoms. The summed E-state index contributed by atoms with van der Waals surface area (Å²) in [6.07, 6.45) is 0.730. The third kappa shape index (κ3) is 2.41. The van der Waals surface area contributed by atoms with Gasteiger partial charge in [0.2, 0.25) is 0 Å². The maximum Gasteiger partial charge on any atom is 0.198 e. The molecule has 1 aromatic rings. The summed E-state index contributed by atoms with van der Waals surface area (Å²) in [5, 5.41) is 0.662. The van der Waals surface area contributed by atoms with Crippen molar-refractivity contribution in [3.05, 3.63) is 28.8 Å². The fourth-order valence-electron chi connectivity index (χ4n) is 2.09. The number of halogens is 1. The van der Waals surface area contributed by atoms with Gasteiger partial charge in [0.25, 0.3) is 0 Å². The highest BCUT2D eigenvalue weighted by Gasteiger charge is 2.39. The van der Waals surface area contributed by atoms with Crippen LogP contribution in [0, 0.1) is 0 Å². The largest absolute Gasteiger partial charge is 0.493 e. The molecule has 4 heteroatoms. The zero-order valence-electron chi connectivity index (χ0n) is 10.2. The summed E-state index contributed by atoms with van der Waals surface area (Å²) in [5.41, 5.74) is 0.881. The highest BCUT2D eigenvalue weighted by molar-refractivity contribution is 6.30. The van der Waals surface area contributed by atoms with Crippen LogP contribution in [0.2, 0.25) is 5.02 Å². The molecule has 0 aliphatic carbocycles. The van der Waals surface area contributed by atoms with Gasteiger partial charge in [0, 0.05) is 11.4 Å². The number of benzene rings is 1. The zero-order chi connectivity index (χ0) is 12.3. The molecule has 1 saturated heterocycles. The number of hydrogen-bond acceptors (Lipinski definition) is 3. The van der Waals surface area contributed by atoms with E-state index in [1.165, 1.54) is 0 Å². The Morgan fingerprint density at radius 1 is 1.29 bits per heavy atom. The topological polar surface area (TPSA) is 27.7 Å². The van der Waals surface area contributed by atoms with Crippen LogP contribution < -0.4 is 4.74 Å². The third-order valence-electron chi connectivity index (χ3n) is 2.87. The third-order valence-corrected chi connectivity index (χ3v) is 3.11. The van der Waals surface area contributed by atoms with E-state index in [1.807, 2.05) is 32.0 Å². The van der Waals surface area contributed by atoms with Crippen molar-refractivity contribution in [2.45, 2.75) is 26.1 Å². The van der Waals surface area contributed by atoms with E-state index in [0.717, 1.165) is 17.7 Å². The van der Waals surface area contributed by atoms with Crippen LogP contribution in [0.4, 0.5) is 0 Å². The van der Waals surface area contributed by atoms with Crippen LogP contribution in [-0.2, 0) is 15.3 Å². The summed E-state index contributed by atoms with van der Waals surface area (Å²) in [6, 6.07) is 5.54. The lowest BCUT2D eigenvalue weighted by Crippen LogP contribution is -2.27. The quantitative estimate of drug-likeness (QED) is 0.827. The first-order valence-corrected chi connectivity index (χ1v) is 6.30. The Hall–Kier alpha value is -0.770. The van der Waals surface area contributed by atoms with Crippen LogP contribution in [-0.4, -0.2) is 19.8 Å². The Morgan fingerprint density at radius 3 is 2.59 bits per heavy atom. The zero-order valence-corrected chi connectivity index (χ0v) is 10.9. The highest BCUT2D eigenvalue weighted by atomic mass is 35.5. The van der Waals surface area contributed by atoms with Crippen molar-refractivity contribution >= 4 is 11.6 Å². The second-order valence-electron chi connectivity index (χ2n) is 3.88. The van der Waals surface area contributed by atoms with Gasteiger partial charge in [-0.25, -0.2) is 0 Å². The SMILES string of the molecule is CCOc1ccc(Cl)cc1C1(CC)OCCO1. The van der Waals surface area contributed by atoms with Crippen molar-refractivity contribution in [1.82, 2.24) is 0 Å². The van der Waals surface area contributed by atoms with Gasteiger partial charge >= 0.3 is 0 Å². The standard InChI is InChI=1S/C13H17ClO3/c1-3-13(16-7-8-17-13)11-9-10(14)5-6-12(11)15-4-2/h5-6,9H,3-4,7-8H2,1-2H3. The van der Waals surface area contributed by atoms with Gasteiger partial charge in [-0.2, -0.15) is 0 Å². The smallest absolute Gasteiger partial charge is 0.198 e. The molecule has 0 unspecified atom stereocenters. The molecule has 0 amide bonds. The number of hydrogen-bond donors (Lipinski definition) is 0. The van der Waals surface area contributed by atoms with Crippen molar-refractivity contribution in [3.8, 4) is 5.75 Å². The van der Waals surface area contributed by atoms with Crippen molar-refractivity contribution < 1.29 is 14.2 Å². The molecule has 0 radical (unpaired) electrons. The van der Waals surface area contributed by atoms with Gasteiger partial charge in [0.15, 0.2) is 5.79 Å². The Balaban J connectivity index is 2.43. The lowest BCUT2D eigenvalue weighted by molar-refractivity contribution is -0.168. The fourth-order valence-corrected chi connectivity index (χ4v) is 2.26. The van der Waals surface area contributed by atoms with Gasteiger partial charge in [-0.05, 0) is 25.1 Å². The van der Waals surface area contributed by atoms with Gasteiger partial charge < -0.3 is 14.2 Å². The monoisotopic (exact) mass is 256 g/mol. The van der Waals surface area contributed by atoms with Crippen molar-refractivity contribution in [2.75, 3.05) is 19.8 Å². The van der Waals surface area contributed by atoms with Crippen molar-refractivity contribution in [2.24, 2.45) is 0 Å². The van der Waals surface area contributed by atoms with Gasteiger partial charge in [0.1, 0.15) is 5.75 Å². The second-order valence-corrected chi connectivity index (χ2v) is 4.31. The molecule has 17 heavy (non-hydrogen) atoms. The molecule has 3 nitrogen and oxygen atoms in total. The first kappa shape index (κ1) is 12.7. The van der Waals surface area contributed by atoms with E-state index in [9.17, 15) is 0 Å². The van der Waals surface area contributed by atoms with Crippen LogP contribution >= 0.6 is 11.6 Å². The van der Waals surface area contributed by atoms with Crippen LogP contribution in [0.3, 0.4) is 0 Å². The first-order chi connectivity index (χ1) is 8.22. The Labute approximate surface area is 107 Å². The number of rotatable bonds is 4. The molecule has 1 fully saturated rings. The average Bonchev–Trinajstić information content (AvgIpc) is 2.81. The average molecular weight is 257 g/mol. The molecule has 2 rings (SSSR count). The highest BCUT2D eigenvalue weighted by Crippen LogP contribution is 2.40. The Bertz CT molecular complexity index is 386. The number of ether oxygens (including phenoxy) is 3. The minimum atomic E-state index is -0.699. The van der Waals surface area contributed by atoms with E-state index in [-0.39, 0.29) is 0 Å². The van der Waals surface area contributed by atoms with E-state index in [1.54, 1.807) is 0 Å². The normalized spacial score (nSPS) is 18.3. The molecule has 1 aromatic carbocycles. The van der Waals surface area contributed by atoms with E-state index in [4.69, 9.17) is 25.8 Å². The lowest BCUT2D eigenvalue weighted by atomic mass is 10.0. The van der Waals surface area contributed by atoms with Gasteiger partial charge in [-0.15, -0.1) is 0 Å². The van der Waals surface area contributed by atoms with E-state index < -0.39 is 5.79 Å². The van der Waals surface area contributed by atoms with Gasteiger partial charge in [-0.1, -0.05) is 18.5 Å². The predicted molar refractivity (Wildman–Crippen MR) is 66.5 cm³/mol. The summed E-state index contributed by atoms with van der Waals surface area (Å²) >= 11 is 6.05.